The number of carbonyl (C=O) groups excluding carboxylic acids is 6. The number of carbonyl (C=O) groups is 6. The first-order valence-corrected chi connectivity index (χ1v) is 9.93. The number of hydrogen-bond donors (Lipinski definition) is 0. The van der Waals surface area contributed by atoms with Crippen LogP contribution in [0.3, 0.4) is 0 Å². The lowest BCUT2D eigenvalue weighted by molar-refractivity contribution is -0.151. The van der Waals surface area contributed by atoms with E-state index in [1.807, 2.05) is 0 Å². The number of aldehydes is 3. The standard InChI is InChI=1S/C13H12O4.C9H6O.C4H6O3/c1-2-17-13(16)12(15)8-7-10-3-5-11(9-14)6-4-10;1-2-8-3-5-9(7-10)6-4-8;1-2-7-4(6)3-5/h3-9H,2H2,1H3;1,3-7H;3H,2H2,1H3/b8-7+;;. The van der Waals surface area contributed by atoms with Gasteiger partial charge in [-0.05, 0) is 37.6 Å². The first kappa shape index (κ1) is 29.4. The van der Waals surface area contributed by atoms with E-state index in [2.05, 4.69) is 15.4 Å². The fourth-order valence-electron chi connectivity index (χ4n) is 1.96. The number of rotatable bonds is 8. The summed E-state index contributed by atoms with van der Waals surface area (Å²) in [5, 5.41) is 0. The van der Waals surface area contributed by atoms with Gasteiger partial charge in [0.15, 0.2) is 0 Å². The predicted octanol–water partition coefficient (Wildman–Crippen LogP) is 2.87. The molecule has 176 valence electrons. The average molecular weight is 464 g/mol. The van der Waals surface area contributed by atoms with Gasteiger partial charge in [0.05, 0.1) is 13.2 Å². The van der Waals surface area contributed by atoms with E-state index < -0.39 is 17.7 Å². The summed E-state index contributed by atoms with van der Waals surface area (Å²) in [7, 11) is 0. The van der Waals surface area contributed by atoms with Crippen molar-refractivity contribution in [1.82, 2.24) is 0 Å². The Morgan fingerprint density at radius 2 is 1.26 bits per heavy atom. The molecular weight excluding hydrogens is 440 g/mol. The molecule has 0 aromatic heterocycles. The highest BCUT2D eigenvalue weighted by Gasteiger charge is 2.09. The molecule has 0 saturated heterocycles. The molecule has 0 radical (unpaired) electrons. The third-order valence-electron chi connectivity index (χ3n) is 3.57. The second kappa shape index (κ2) is 18.0. The van der Waals surface area contributed by atoms with Crippen molar-refractivity contribution in [2.24, 2.45) is 0 Å². The third kappa shape index (κ3) is 12.9. The summed E-state index contributed by atoms with van der Waals surface area (Å²) >= 11 is 0. The van der Waals surface area contributed by atoms with Gasteiger partial charge in [-0.2, -0.15) is 0 Å². The van der Waals surface area contributed by atoms with E-state index >= 15 is 0 Å². The van der Waals surface area contributed by atoms with E-state index in [0.717, 1.165) is 29.8 Å². The van der Waals surface area contributed by atoms with Gasteiger partial charge in [0, 0.05) is 16.7 Å². The molecule has 8 heteroatoms. The minimum atomic E-state index is -0.867. The Morgan fingerprint density at radius 1 is 0.794 bits per heavy atom. The minimum Gasteiger partial charge on any atom is -0.460 e. The molecule has 0 spiro atoms. The summed E-state index contributed by atoms with van der Waals surface area (Å²) in [5.41, 5.74) is 2.73. The highest BCUT2D eigenvalue weighted by molar-refractivity contribution is 6.39. The van der Waals surface area contributed by atoms with Gasteiger partial charge in [0.2, 0.25) is 6.29 Å². The number of hydrogen-bond acceptors (Lipinski definition) is 8. The van der Waals surface area contributed by atoms with E-state index in [9.17, 15) is 28.8 Å². The topological polar surface area (TPSA) is 121 Å². The van der Waals surface area contributed by atoms with Crippen LogP contribution in [0.2, 0.25) is 0 Å². The minimum absolute atomic E-state index is 0.142. The van der Waals surface area contributed by atoms with Crippen molar-refractivity contribution in [2.75, 3.05) is 13.2 Å². The molecule has 34 heavy (non-hydrogen) atoms. The molecule has 0 saturated carbocycles. The number of terminal acetylenes is 1. The van der Waals surface area contributed by atoms with Crippen LogP contribution in [0.5, 0.6) is 0 Å². The maximum Gasteiger partial charge on any atom is 0.379 e. The summed E-state index contributed by atoms with van der Waals surface area (Å²) in [6.45, 7) is 3.71. The van der Waals surface area contributed by atoms with Crippen molar-refractivity contribution in [3.05, 3.63) is 76.9 Å². The molecule has 0 fully saturated rings. The average Bonchev–Trinajstić information content (AvgIpc) is 2.88. The van der Waals surface area contributed by atoms with Gasteiger partial charge < -0.3 is 9.47 Å². The molecule has 0 heterocycles. The Balaban J connectivity index is 0.000000541. The lowest BCUT2D eigenvalue weighted by atomic mass is 10.1. The van der Waals surface area contributed by atoms with E-state index in [1.54, 1.807) is 62.4 Å². The van der Waals surface area contributed by atoms with Gasteiger partial charge in [0.1, 0.15) is 12.6 Å². The third-order valence-corrected chi connectivity index (χ3v) is 3.57. The monoisotopic (exact) mass is 464 g/mol. The molecule has 0 aliphatic carbocycles. The second-order valence-corrected chi connectivity index (χ2v) is 5.96. The van der Waals surface area contributed by atoms with Crippen LogP contribution < -0.4 is 0 Å². The van der Waals surface area contributed by atoms with Crippen LogP contribution in [0.1, 0.15) is 45.7 Å². The zero-order valence-electron chi connectivity index (χ0n) is 18.8. The Kier molecular flexibility index (Phi) is 15.5. The van der Waals surface area contributed by atoms with Gasteiger partial charge >= 0.3 is 11.9 Å². The van der Waals surface area contributed by atoms with Crippen LogP contribution in [0.25, 0.3) is 6.08 Å². The summed E-state index contributed by atoms with van der Waals surface area (Å²) in [4.78, 5) is 62.0. The molecule has 0 aliphatic heterocycles. The Labute approximate surface area is 197 Å². The smallest absolute Gasteiger partial charge is 0.379 e. The lowest BCUT2D eigenvalue weighted by Crippen LogP contribution is -2.14. The zero-order chi connectivity index (χ0) is 25.8. The van der Waals surface area contributed by atoms with Crippen molar-refractivity contribution < 1.29 is 38.2 Å². The van der Waals surface area contributed by atoms with Crippen molar-refractivity contribution in [3.8, 4) is 12.3 Å². The van der Waals surface area contributed by atoms with Crippen LogP contribution >= 0.6 is 0 Å². The van der Waals surface area contributed by atoms with Crippen LogP contribution in [0, 0.1) is 12.3 Å². The fourth-order valence-corrected chi connectivity index (χ4v) is 1.96. The number of esters is 2. The molecule has 0 N–H and O–H groups in total. The van der Waals surface area contributed by atoms with Crippen LogP contribution in [0.4, 0.5) is 0 Å². The van der Waals surface area contributed by atoms with Crippen molar-refractivity contribution >= 4 is 42.7 Å². The van der Waals surface area contributed by atoms with E-state index in [-0.39, 0.29) is 19.5 Å². The molecule has 0 amide bonds. The van der Waals surface area contributed by atoms with Gasteiger partial charge in [0.25, 0.3) is 5.78 Å². The second-order valence-electron chi connectivity index (χ2n) is 5.96. The van der Waals surface area contributed by atoms with Crippen LogP contribution in [-0.2, 0) is 28.7 Å². The SMILES string of the molecule is C#Cc1ccc(C=O)cc1.CCOC(=O)C(=O)/C=C/c1ccc(C=O)cc1.CCOC(=O)C=O. The summed E-state index contributed by atoms with van der Waals surface area (Å²) in [6, 6.07) is 13.5. The molecule has 2 rings (SSSR count). The summed E-state index contributed by atoms with van der Waals surface area (Å²) < 4.78 is 8.73. The molecule has 2 aromatic rings. The first-order valence-electron chi connectivity index (χ1n) is 9.93. The molecule has 0 aliphatic rings. The van der Waals surface area contributed by atoms with Crippen molar-refractivity contribution in [2.45, 2.75) is 13.8 Å². The highest BCUT2D eigenvalue weighted by Crippen LogP contribution is 2.04. The maximum absolute atomic E-state index is 11.2. The molecule has 8 nitrogen and oxygen atoms in total. The molecule has 0 unspecified atom stereocenters. The van der Waals surface area contributed by atoms with E-state index in [1.165, 1.54) is 6.08 Å². The first-order chi connectivity index (χ1) is 16.3. The quantitative estimate of drug-likeness (QED) is 0.192. The van der Waals surface area contributed by atoms with Gasteiger partial charge in [-0.3, -0.25) is 19.2 Å². The van der Waals surface area contributed by atoms with Gasteiger partial charge in [-0.1, -0.05) is 48.4 Å². The van der Waals surface area contributed by atoms with Crippen LogP contribution in [0.15, 0.2) is 54.6 Å². The van der Waals surface area contributed by atoms with Crippen molar-refractivity contribution in [3.63, 3.8) is 0 Å². The Hall–Kier alpha value is -4.64. The Bertz CT molecular complexity index is 1030. The van der Waals surface area contributed by atoms with Gasteiger partial charge in [-0.15, -0.1) is 6.42 Å². The molecule has 2 aromatic carbocycles. The van der Waals surface area contributed by atoms with E-state index in [4.69, 9.17) is 6.42 Å². The largest absolute Gasteiger partial charge is 0.460 e. The lowest BCUT2D eigenvalue weighted by Gasteiger charge is -1.96. The predicted molar refractivity (Wildman–Crippen MR) is 125 cm³/mol. The number of ketones is 1. The summed E-state index contributed by atoms with van der Waals surface area (Å²) in [5.74, 6) is 0.0893. The van der Waals surface area contributed by atoms with E-state index in [0.29, 0.717) is 11.1 Å². The summed E-state index contributed by atoms with van der Waals surface area (Å²) in [6.07, 6.45) is 9.41. The van der Waals surface area contributed by atoms with Crippen LogP contribution in [-0.4, -0.2) is 49.8 Å². The molecular formula is C26H24O8. The number of benzene rings is 2. The van der Waals surface area contributed by atoms with Gasteiger partial charge in [-0.25, -0.2) is 9.59 Å². The highest BCUT2D eigenvalue weighted by atomic mass is 16.5. The Morgan fingerprint density at radius 3 is 1.65 bits per heavy atom. The van der Waals surface area contributed by atoms with Crippen molar-refractivity contribution in [1.29, 1.82) is 0 Å². The molecule has 0 atom stereocenters. The zero-order valence-corrected chi connectivity index (χ0v) is 18.8. The number of ether oxygens (including phenoxy) is 2. The normalized spacial score (nSPS) is 9.09. The molecule has 0 bridgehead atoms. The maximum atomic E-state index is 11.2. The fraction of sp³-hybridized carbons (Fsp3) is 0.154.